The fraction of sp³-hybridized carbons (Fsp3) is 0.429. The van der Waals surface area contributed by atoms with E-state index in [2.05, 4.69) is 5.10 Å². The molecule has 2 aromatic rings. The molecule has 2 aliphatic heterocycles. The number of urea groups is 1. The number of benzene rings is 1. The third-order valence-corrected chi connectivity index (χ3v) is 5.77. The van der Waals surface area contributed by atoms with Gasteiger partial charge in [0.2, 0.25) is 5.96 Å². The van der Waals surface area contributed by atoms with Crippen molar-refractivity contribution in [2.24, 2.45) is 4.99 Å². The van der Waals surface area contributed by atoms with Gasteiger partial charge in [0.25, 0.3) is 5.91 Å². The molecule has 2 unspecified atom stereocenters. The summed E-state index contributed by atoms with van der Waals surface area (Å²) < 4.78 is 6.82. The summed E-state index contributed by atoms with van der Waals surface area (Å²) in [5, 5.41) is 5.18. The second kappa shape index (κ2) is 8.32. The SMILES string of the molecule is COCCN1C(=O)C2C(N=C(n3nc(C)cc3C)N2Cc2cccc(Cl)c2)N(C)C1=O. The van der Waals surface area contributed by atoms with Crippen LogP contribution < -0.4 is 0 Å². The number of carbonyl (C=O) groups is 2. The maximum atomic E-state index is 13.5. The lowest BCUT2D eigenvalue weighted by Crippen LogP contribution is -2.65. The highest BCUT2D eigenvalue weighted by Gasteiger charge is 2.52. The largest absolute Gasteiger partial charge is 0.383 e. The van der Waals surface area contributed by atoms with E-state index in [-0.39, 0.29) is 25.1 Å². The predicted octanol–water partition coefficient (Wildman–Crippen LogP) is 2.11. The van der Waals surface area contributed by atoms with Gasteiger partial charge in [-0.15, -0.1) is 0 Å². The average Bonchev–Trinajstić information content (AvgIpc) is 3.25. The van der Waals surface area contributed by atoms with E-state index in [0.717, 1.165) is 17.0 Å². The normalized spacial score (nSPS) is 21.1. The first-order chi connectivity index (χ1) is 14.8. The molecule has 31 heavy (non-hydrogen) atoms. The van der Waals surface area contributed by atoms with Crippen LogP contribution in [0, 0.1) is 13.8 Å². The zero-order chi connectivity index (χ0) is 22.3. The van der Waals surface area contributed by atoms with Crippen molar-refractivity contribution in [1.29, 1.82) is 0 Å². The predicted molar refractivity (Wildman–Crippen MR) is 116 cm³/mol. The van der Waals surface area contributed by atoms with Crippen LogP contribution in [0.3, 0.4) is 0 Å². The molecule has 2 atom stereocenters. The number of carbonyl (C=O) groups excluding carboxylic acids is 2. The van der Waals surface area contributed by atoms with Gasteiger partial charge in [-0.2, -0.15) is 5.10 Å². The third kappa shape index (κ3) is 3.79. The molecule has 0 bridgehead atoms. The molecule has 1 fully saturated rings. The maximum Gasteiger partial charge on any atom is 0.328 e. The first kappa shape index (κ1) is 21.3. The lowest BCUT2D eigenvalue weighted by atomic mass is 10.1. The van der Waals surface area contributed by atoms with Crippen molar-refractivity contribution in [2.75, 3.05) is 27.3 Å². The number of amides is 3. The zero-order valence-electron chi connectivity index (χ0n) is 17.9. The van der Waals surface area contributed by atoms with Gasteiger partial charge in [0.1, 0.15) is 0 Å². The number of rotatable bonds is 5. The Bertz CT molecular complexity index is 1050. The molecule has 9 nitrogen and oxygen atoms in total. The van der Waals surface area contributed by atoms with Gasteiger partial charge in [0.15, 0.2) is 12.2 Å². The van der Waals surface area contributed by atoms with Gasteiger partial charge >= 0.3 is 6.03 Å². The van der Waals surface area contributed by atoms with Crippen LogP contribution >= 0.6 is 11.6 Å². The molecule has 10 heteroatoms. The molecular weight excluding hydrogens is 420 g/mol. The molecule has 3 heterocycles. The standard InChI is InChI=1S/C21H25ClN6O3/c1-13-10-14(2)28(24-13)20-23-18-17(27(20)12-15-6-5-7-16(22)11-15)19(29)26(8-9-31-4)21(30)25(18)3/h5-7,10-11,17-18H,8-9,12H2,1-4H3. The van der Waals surface area contributed by atoms with E-state index >= 15 is 0 Å². The van der Waals surface area contributed by atoms with E-state index in [9.17, 15) is 9.59 Å². The number of methoxy groups -OCH3 is 1. The number of aromatic nitrogens is 2. The molecule has 0 aliphatic carbocycles. The van der Waals surface area contributed by atoms with Gasteiger partial charge in [-0.25, -0.2) is 14.5 Å². The van der Waals surface area contributed by atoms with Crippen LogP contribution in [0.25, 0.3) is 0 Å². The summed E-state index contributed by atoms with van der Waals surface area (Å²) in [6, 6.07) is 8.37. The molecule has 2 aliphatic rings. The number of likely N-dealkylation sites (N-methyl/N-ethyl adjacent to an activating group) is 1. The Kier molecular flexibility index (Phi) is 5.72. The van der Waals surface area contributed by atoms with Crippen LogP contribution in [0.2, 0.25) is 5.02 Å². The summed E-state index contributed by atoms with van der Waals surface area (Å²) in [5.74, 6) is 0.231. The van der Waals surface area contributed by atoms with Gasteiger partial charge in [0, 0.05) is 31.4 Å². The van der Waals surface area contributed by atoms with E-state index in [1.54, 1.807) is 17.8 Å². The zero-order valence-corrected chi connectivity index (χ0v) is 18.7. The molecule has 0 radical (unpaired) electrons. The summed E-state index contributed by atoms with van der Waals surface area (Å²) in [6.07, 6.45) is -0.642. The second-order valence-corrected chi connectivity index (χ2v) is 8.20. The molecule has 3 amide bonds. The van der Waals surface area contributed by atoms with E-state index < -0.39 is 12.2 Å². The molecule has 0 saturated carbocycles. The number of hydrogen-bond donors (Lipinski definition) is 0. The Morgan fingerprint density at radius 3 is 2.61 bits per heavy atom. The van der Waals surface area contributed by atoms with Gasteiger partial charge < -0.3 is 14.5 Å². The number of nitrogens with zero attached hydrogens (tertiary/aromatic N) is 6. The van der Waals surface area contributed by atoms with Crippen molar-refractivity contribution in [1.82, 2.24) is 24.5 Å². The molecule has 1 saturated heterocycles. The monoisotopic (exact) mass is 444 g/mol. The van der Waals surface area contributed by atoms with Crippen molar-refractivity contribution in [3.8, 4) is 0 Å². The van der Waals surface area contributed by atoms with Gasteiger partial charge in [-0.1, -0.05) is 23.7 Å². The van der Waals surface area contributed by atoms with Crippen LogP contribution in [0.15, 0.2) is 35.3 Å². The Hall–Kier alpha value is -2.91. The van der Waals surface area contributed by atoms with E-state index in [1.807, 2.05) is 43.0 Å². The Morgan fingerprint density at radius 1 is 1.19 bits per heavy atom. The van der Waals surface area contributed by atoms with Crippen molar-refractivity contribution in [3.63, 3.8) is 0 Å². The van der Waals surface area contributed by atoms with Gasteiger partial charge in [-0.3, -0.25) is 9.69 Å². The lowest BCUT2D eigenvalue weighted by Gasteiger charge is -2.41. The first-order valence-electron chi connectivity index (χ1n) is 10.0. The average molecular weight is 445 g/mol. The first-order valence-corrected chi connectivity index (χ1v) is 10.4. The van der Waals surface area contributed by atoms with Gasteiger partial charge in [-0.05, 0) is 37.6 Å². The number of halogens is 1. The number of aliphatic imine (C=N–C) groups is 1. The highest BCUT2D eigenvalue weighted by molar-refractivity contribution is 6.30. The summed E-state index contributed by atoms with van der Waals surface area (Å²) in [6.45, 7) is 4.68. The van der Waals surface area contributed by atoms with Crippen LogP contribution in [-0.2, 0) is 16.1 Å². The Labute approximate surface area is 185 Å². The minimum absolute atomic E-state index is 0.183. The maximum absolute atomic E-state index is 13.5. The second-order valence-electron chi connectivity index (χ2n) is 7.76. The number of imide groups is 1. The minimum Gasteiger partial charge on any atom is -0.383 e. The molecule has 1 aromatic heterocycles. The van der Waals surface area contributed by atoms with Gasteiger partial charge in [0.05, 0.1) is 18.8 Å². The molecule has 164 valence electrons. The van der Waals surface area contributed by atoms with Crippen LogP contribution in [0.4, 0.5) is 4.79 Å². The van der Waals surface area contributed by atoms with E-state index in [4.69, 9.17) is 21.3 Å². The van der Waals surface area contributed by atoms with E-state index in [0.29, 0.717) is 17.5 Å². The number of aryl methyl sites for hydroxylation is 2. The Morgan fingerprint density at radius 2 is 1.97 bits per heavy atom. The molecular formula is C21H25ClN6O3. The van der Waals surface area contributed by atoms with E-state index in [1.165, 1.54) is 16.9 Å². The summed E-state index contributed by atoms with van der Waals surface area (Å²) in [4.78, 5) is 35.7. The molecule has 0 N–H and O–H groups in total. The molecule has 0 spiro atoms. The van der Waals surface area contributed by atoms with Crippen molar-refractivity contribution >= 4 is 29.5 Å². The smallest absolute Gasteiger partial charge is 0.328 e. The lowest BCUT2D eigenvalue weighted by molar-refractivity contribution is -0.138. The fourth-order valence-corrected chi connectivity index (χ4v) is 4.28. The fourth-order valence-electron chi connectivity index (χ4n) is 4.06. The van der Waals surface area contributed by atoms with Crippen LogP contribution in [-0.4, -0.2) is 81.9 Å². The number of ether oxygens (including phenoxy) is 1. The minimum atomic E-state index is -0.669. The van der Waals surface area contributed by atoms with Crippen LogP contribution in [0.5, 0.6) is 0 Å². The van der Waals surface area contributed by atoms with Crippen molar-refractivity contribution in [2.45, 2.75) is 32.6 Å². The number of hydrogen-bond acceptors (Lipinski definition) is 6. The van der Waals surface area contributed by atoms with Crippen molar-refractivity contribution < 1.29 is 14.3 Å². The van der Waals surface area contributed by atoms with Crippen molar-refractivity contribution in [3.05, 3.63) is 52.3 Å². The molecule has 4 rings (SSSR count). The summed E-state index contributed by atoms with van der Waals surface area (Å²) in [5.41, 5.74) is 2.66. The topological polar surface area (TPSA) is 83.3 Å². The van der Waals surface area contributed by atoms with Crippen LogP contribution in [0.1, 0.15) is 17.0 Å². The quantitative estimate of drug-likeness (QED) is 0.705. The number of fused-ring (bicyclic) bond motifs is 1. The Balaban J connectivity index is 1.77. The molecule has 1 aromatic carbocycles. The highest BCUT2D eigenvalue weighted by Crippen LogP contribution is 2.30. The highest BCUT2D eigenvalue weighted by atomic mass is 35.5. The summed E-state index contributed by atoms with van der Waals surface area (Å²) >= 11 is 6.19. The third-order valence-electron chi connectivity index (χ3n) is 5.53. The summed E-state index contributed by atoms with van der Waals surface area (Å²) in [7, 11) is 3.20.